The number of hydrogen-bond donors (Lipinski definition) is 2. The smallest absolute Gasteiger partial charge is 0.279 e. The molecule has 2 rings (SSSR count). The SMILES string of the molecule is COc1ccc(CN2CC[C@@H](NS(=O)(=O)N(C)C)[C@H](O)C2)cc1OC. The van der Waals surface area contributed by atoms with Crippen LogP contribution < -0.4 is 14.2 Å². The predicted octanol–water partition coefficient (Wildman–Crippen LogP) is 0.0350. The summed E-state index contributed by atoms with van der Waals surface area (Å²) < 4.78 is 38.0. The van der Waals surface area contributed by atoms with E-state index in [1.165, 1.54) is 14.1 Å². The summed E-state index contributed by atoms with van der Waals surface area (Å²) in [5.74, 6) is 1.33. The fourth-order valence-corrected chi connectivity index (χ4v) is 3.68. The third-order valence-electron chi connectivity index (χ3n) is 4.30. The normalized spacial score (nSPS) is 22.2. The van der Waals surface area contributed by atoms with Crippen LogP contribution in [0.2, 0.25) is 0 Å². The average Bonchev–Trinajstić information content (AvgIpc) is 2.57. The van der Waals surface area contributed by atoms with Gasteiger partial charge in [0.2, 0.25) is 0 Å². The van der Waals surface area contributed by atoms with Crippen LogP contribution in [-0.2, 0) is 16.8 Å². The first-order chi connectivity index (χ1) is 11.8. The van der Waals surface area contributed by atoms with Gasteiger partial charge in [-0.25, -0.2) is 0 Å². The van der Waals surface area contributed by atoms with Crippen molar-refractivity contribution in [3.63, 3.8) is 0 Å². The Bertz CT molecular complexity index is 680. The summed E-state index contributed by atoms with van der Waals surface area (Å²) in [4.78, 5) is 2.09. The summed E-state index contributed by atoms with van der Waals surface area (Å²) in [6, 6.07) is 5.23. The molecule has 2 N–H and O–H groups in total. The van der Waals surface area contributed by atoms with Crippen LogP contribution in [0.1, 0.15) is 12.0 Å². The molecule has 1 aliphatic heterocycles. The first kappa shape index (κ1) is 19.9. The number of rotatable bonds is 7. The zero-order valence-corrected chi connectivity index (χ0v) is 15.9. The van der Waals surface area contributed by atoms with Gasteiger partial charge in [-0.1, -0.05) is 6.07 Å². The Labute approximate surface area is 149 Å². The van der Waals surface area contributed by atoms with Crippen LogP contribution in [0.3, 0.4) is 0 Å². The Morgan fingerprint density at radius 1 is 1.28 bits per heavy atom. The Morgan fingerprint density at radius 3 is 2.52 bits per heavy atom. The van der Waals surface area contributed by atoms with Crippen LogP contribution in [0.25, 0.3) is 0 Å². The zero-order valence-electron chi connectivity index (χ0n) is 15.1. The van der Waals surface area contributed by atoms with Crippen LogP contribution in [0.5, 0.6) is 11.5 Å². The quantitative estimate of drug-likeness (QED) is 0.701. The topological polar surface area (TPSA) is 91.3 Å². The first-order valence-electron chi connectivity index (χ1n) is 8.08. The van der Waals surface area contributed by atoms with E-state index in [-0.39, 0.29) is 0 Å². The molecule has 1 aliphatic rings. The molecule has 2 atom stereocenters. The minimum Gasteiger partial charge on any atom is -0.493 e. The van der Waals surface area contributed by atoms with Gasteiger partial charge in [0.05, 0.1) is 26.4 Å². The van der Waals surface area contributed by atoms with E-state index in [2.05, 4.69) is 9.62 Å². The summed E-state index contributed by atoms with van der Waals surface area (Å²) in [6.45, 7) is 1.73. The van der Waals surface area contributed by atoms with Gasteiger partial charge in [0, 0.05) is 33.7 Å². The van der Waals surface area contributed by atoms with E-state index in [0.717, 1.165) is 9.87 Å². The van der Waals surface area contributed by atoms with Crippen molar-refractivity contribution in [3.05, 3.63) is 23.8 Å². The number of β-amino-alcohol motifs (C(OH)–C–C–N with tert-alkyl or cyclic N) is 1. The fourth-order valence-electron chi connectivity index (χ4n) is 2.81. The number of aliphatic hydroxyl groups is 1. The minimum absolute atomic E-state index is 0.398. The number of aliphatic hydroxyl groups excluding tert-OH is 1. The van der Waals surface area contributed by atoms with Gasteiger partial charge in [0.1, 0.15) is 0 Å². The maximum Gasteiger partial charge on any atom is 0.279 e. The molecule has 0 amide bonds. The second-order valence-corrected chi connectivity index (χ2v) is 8.21. The summed E-state index contributed by atoms with van der Waals surface area (Å²) in [6.07, 6.45) is -0.217. The van der Waals surface area contributed by atoms with Crippen LogP contribution in [-0.4, -0.2) is 76.3 Å². The van der Waals surface area contributed by atoms with Crippen molar-refractivity contribution in [1.29, 1.82) is 0 Å². The summed E-state index contributed by atoms with van der Waals surface area (Å²) in [5, 5.41) is 10.3. The monoisotopic (exact) mass is 373 g/mol. The standard InChI is InChI=1S/C16H27N3O5S/c1-18(2)25(21,22)17-13-7-8-19(11-14(13)20)10-12-5-6-15(23-3)16(9-12)24-4/h5-6,9,13-14,17,20H,7-8,10-11H2,1-4H3/t13-,14-/m1/s1. The molecule has 142 valence electrons. The van der Waals surface area contributed by atoms with E-state index in [1.807, 2.05) is 18.2 Å². The summed E-state index contributed by atoms with van der Waals surface area (Å²) in [5.41, 5.74) is 1.04. The van der Waals surface area contributed by atoms with E-state index in [9.17, 15) is 13.5 Å². The highest BCUT2D eigenvalue weighted by atomic mass is 32.2. The lowest BCUT2D eigenvalue weighted by molar-refractivity contribution is 0.0441. The number of ether oxygens (including phenoxy) is 2. The Balaban J connectivity index is 1.97. The van der Waals surface area contributed by atoms with Crippen molar-refractivity contribution in [2.75, 3.05) is 41.4 Å². The molecule has 1 aromatic carbocycles. The van der Waals surface area contributed by atoms with Gasteiger partial charge in [-0.2, -0.15) is 17.4 Å². The molecule has 1 heterocycles. The van der Waals surface area contributed by atoms with Crippen LogP contribution >= 0.6 is 0 Å². The van der Waals surface area contributed by atoms with Crippen molar-refractivity contribution in [1.82, 2.24) is 13.9 Å². The average molecular weight is 373 g/mol. The lowest BCUT2D eigenvalue weighted by Gasteiger charge is -2.36. The highest BCUT2D eigenvalue weighted by Gasteiger charge is 2.31. The lowest BCUT2D eigenvalue weighted by Crippen LogP contribution is -2.55. The lowest BCUT2D eigenvalue weighted by atomic mass is 10.0. The van der Waals surface area contributed by atoms with Crippen molar-refractivity contribution in [2.45, 2.75) is 25.1 Å². The van der Waals surface area contributed by atoms with E-state index >= 15 is 0 Å². The molecule has 0 saturated carbocycles. The zero-order chi connectivity index (χ0) is 18.6. The highest BCUT2D eigenvalue weighted by Crippen LogP contribution is 2.28. The van der Waals surface area contributed by atoms with Gasteiger partial charge in [-0.05, 0) is 24.1 Å². The van der Waals surface area contributed by atoms with E-state index in [4.69, 9.17) is 9.47 Å². The van der Waals surface area contributed by atoms with Gasteiger partial charge in [0.25, 0.3) is 10.2 Å². The third kappa shape index (κ3) is 5.05. The van der Waals surface area contributed by atoms with Crippen molar-refractivity contribution in [3.8, 4) is 11.5 Å². The van der Waals surface area contributed by atoms with Crippen molar-refractivity contribution in [2.24, 2.45) is 0 Å². The molecular weight excluding hydrogens is 346 g/mol. The van der Waals surface area contributed by atoms with Crippen molar-refractivity contribution < 1.29 is 23.0 Å². The maximum absolute atomic E-state index is 11.9. The van der Waals surface area contributed by atoms with Crippen LogP contribution in [0.4, 0.5) is 0 Å². The molecule has 0 aliphatic carbocycles. The second-order valence-electron chi connectivity index (χ2n) is 6.29. The van der Waals surface area contributed by atoms with E-state index < -0.39 is 22.4 Å². The number of nitrogens with zero attached hydrogens (tertiary/aromatic N) is 2. The van der Waals surface area contributed by atoms with Crippen LogP contribution in [0, 0.1) is 0 Å². The van der Waals surface area contributed by atoms with Gasteiger partial charge in [-0.3, -0.25) is 4.90 Å². The minimum atomic E-state index is -3.55. The fraction of sp³-hybridized carbons (Fsp3) is 0.625. The Hall–Kier alpha value is -1.39. The number of nitrogens with one attached hydrogen (secondary N) is 1. The number of piperidine rings is 1. The van der Waals surface area contributed by atoms with Crippen LogP contribution in [0.15, 0.2) is 18.2 Å². The molecule has 1 fully saturated rings. The Morgan fingerprint density at radius 2 is 1.96 bits per heavy atom. The van der Waals surface area contributed by atoms with Gasteiger partial charge in [-0.15, -0.1) is 0 Å². The van der Waals surface area contributed by atoms with E-state index in [0.29, 0.717) is 37.6 Å². The molecule has 0 unspecified atom stereocenters. The molecule has 0 bridgehead atoms. The number of benzene rings is 1. The first-order valence-corrected chi connectivity index (χ1v) is 9.52. The molecule has 1 aromatic rings. The molecule has 0 spiro atoms. The molecule has 9 heteroatoms. The predicted molar refractivity (Wildman–Crippen MR) is 95.0 cm³/mol. The summed E-state index contributed by atoms with van der Waals surface area (Å²) >= 11 is 0. The summed E-state index contributed by atoms with van der Waals surface area (Å²) in [7, 11) is 2.55. The van der Waals surface area contributed by atoms with Gasteiger partial charge in [0.15, 0.2) is 11.5 Å². The Kier molecular flexibility index (Phi) is 6.64. The van der Waals surface area contributed by atoms with Gasteiger partial charge < -0.3 is 14.6 Å². The van der Waals surface area contributed by atoms with Gasteiger partial charge >= 0.3 is 0 Å². The second kappa shape index (κ2) is 8.33. The maximum atomic E-state index is 11.9. The molecule has 0 radical (unpaired) electrons. The third-order valence-corrected chi connectivity index (χ3v) is 5.86. The molecule has 1 saturated heterocycles. The molecule has 0 aromatic heterocycles. The number of methoxy groups -OCH3 is 2. The largest absolute Gasteiger partial charge is 0.493 e. The van der Waals surface area contributed by atoms with Crippen molar-refractivity contribution >= 4 is 10.2 Å². The molecule has 8 nitrogen and oxygen atoms in total. The van der Waals surface area contributed by atoms with E-state index in [1.54, 1.807) is 14.2 Å². The molecular formula is C16H27N3O5S. The number of likely N-dealkylation sites (tertiary alicyclic amines) is 1. The number of hydrogen-bond acceptors (Lipinski definition) is 6. The highest BCUT2D eigenvalue weighted by molar-refractivity contribution is 7.87. The molecule has 25 heavy (non-hydrogen) atoms.